The minimum Gasteiger partial charge on any atom is -0.400 e. The van der Waals surface area contributed by atoms with Crippen LogP contribution in [0.2, 0.25) is 0 Å². The van der Waals surface area contributed by atoms with E-state index in [4.69, 9.17) is 4.42 Å². The average molecular weight is 457 g/mol. The molecule has 3 aromatic rings. The fraction of sp³-hybridized carbons (Fsp3) is 0. The van der Waals surface area contributed by atoms with Gasteiger partial charge in [0.25, 0.3) is 11.8 Å². The molecule has 0 atom stereocenters. The molecule has 0 aliphatic carbocycles. The number of amides is 2. The summed E-state index contributed by atoms with van der Waals surface area (Å²) in [6.45, 7) is 0. The molecule has 0 aliphatic rings. The topological polar surface area (TPSA) is 127 Å². The van der Waals surface area contributed by atoms with Gasteiger partial charge in [0.05, 0.1) is 17.8 Å². The average Bonchev–Trinajstić information content (AvgIpc) is 3.18. The van der Waals surface area contributed by atoms with Crippen LogP contribution in [-0.2, 0) is 0 Å². The molecule has 3 rings (SSSR count). The van der Waals surface area contributed by atoms with Crippen molar-refractivity contribution in [2.45, 2.75) is 0 Å². The predicted molar refractivity (Wildman–Crippen MR) is 109 cm³/mol. The van der Waals surface area contributed by atoms with E-state index in [0.29, 0.717) is 21.3 Å². The third-order valence-electron chi connectivity index (χ3n) is 3.67. The summed E-state index contributed by atoms with van der Waals surface area (Å²) < 4.78 is 5.56. The highest BCUT2D eigenvalue weighted by molar-refractivity contribution is 9.10. The van der Waals surface area contributed by atoms with Crippen molar-refractivity contribution in [1.82, 2.24) is 5.43 Å². The first kappa shape index (κ1) is 20.0. The van der Waals surface area contributed by atoms with E-state index in [9.17, 15) is 19.7 Å². The molecule has 0 unspecified atom stereocenters. The lowest BCUT2D eigenvalue weighted by molar-refractivity contribution is -0.402. The number of carbonyl (C=O) groups excluding carboxylic acids is 2. The van der Waals surface area contributed by atoms with Gasteiger partial charge in [-0.15, -0.1) is 0 Å². The summed E-state index contributed by atoms with van der Waals surface area (Å²) in [6.07, 6.45) is 1.15. The number of benzene rings is 2. The number of furan rings is 1. The Labute approximate surface area is 172 Å². The molecule has 0 saturated heterocycles. The number of carbonyl (C=O) groups is 2. The zero-order valence-corrected chi connectivity index (χ0v) is 16.3. The van der Waals surface area contributed by atoms with Crippen LogP contribution in [0.15, 0.2) is 74.7 Å². The number of rotatable bonds is 6. The molecule has 2 aromatic carbocycles. The second-order valence-electron chi connectivity index (χ2n) is 5.64. The van der Waals surface area contributed by atoms with Crippen LogP contribution in [0.25, 0.3) is 0 Å². The summed E-state index contributed by atoms with van der Waals surface area (Å²) in [7, 11) is 0. The van der Waals surface area contributed by atoms with Crippen LogP contribution >= 0.6 is 15.9 Å². The predicted octanol–water partition coefficient (Wildman–Crippen LogP) is 3.97. The maximum atomic E-state index is 12.3. The quantitative estimate of drug-likeness (QED) is 0.329. The number of hydrogen-bond acceptors (Lipinski definition) is 6. The summed E-state index contributed by atoms with van der Waals surface area (Å²) in [6, 6.07) is 15.8. The molecular weight excluding hydrogens is 444 g/mol. The molecule has 10 heteroatoms. The molecular formula is C19H13BrN4O5. The fourth-order valence-corrected chi connectivity index (χ4v) is 2.74. The number of nitrogens with zero attached hydrogens (tertiary/aromatic N) is 2. The first-order valence-corrected chi connectivity index (χ1v) is 8.97. The van der Waals surface area contributed by atoms with Gasteiger partial charge in [-0.25, -0.2) is 5.43 Å². The number of nitro groups is 1. The van der Waals surface area contributed by atoms with Crippen LogP contribution in [-0.4, -0.2) is 23.0 Å². The molecule has 0 bridgehead atoms. The zero-order chi connectivity index (χ0) is 20.8. The smallest absolute Gasteiger partial charge is 0.400 e. The van der Waals surface area contributed by atoms with Gasteiger partial charge >= 0.3 is 5.88 Å². The van der Waals surface area contributed by atoms with Gasteiger partial charge < -0.3 is 9.73 Å². The second kappa shape index (κ2) is 8.93. The lowest BCUT2D eigenvalue weighted by atomic mass is 10.1. The normalized spacial score (nSPS) is 10.7. The van der Waals surface area contributed by atoms with Crippen molar-refractivity contribution in [3.63, 3.8) is 0 Å². The Morgan fingerprint density at radius 2 is 1.76 bits per heavy atom. The highest BCUT2D eigenvalue weighted by Crippen LogP contribution is 2.18. The molecule has 0 fully saturated rings. The van der Waals surface area contributed by atoms with Gasteiger partial charge in [0, 0.05) is 15.7 Å². The van der Waals surface area contributed by atoms with Gasteiger partial charge in [0.15, 0.2) is 5.76 Å². The minimum atomic E-state index is -0.674. The summed E-state index contributed by atoms with van der Waals surface area (Å²) in [4.78, 5) is 34.2. The van der Waals surface area contributed by atoms with E-state index in [0.717, 1.165) is 6.21 Å². The van der Waals surface area contributed by atoms with Crippen LogP contribution in [0.4, 0.5) is 11.6 Å². The Bertz CT molecular complexity index is 1090. The molecule has 0 radical (unpaired) electrons. The first-order chi connectivity index (χ1) is 13.9. The van der Waals surface area contributed by atoms with Crippen molar-refractivity contribution in [3.8, 4) is 0 Å². The highest BCUT2D eigenvalue weighted by atomic mass is 79.9. The van der Waals surface area contributed by atoms with E-state index >= 15 is 0 Å². The van der Waals surface area contributed by atoms with E-state index in [1.54, 1.807) is 30.3 Å². The molecule has 9 nitrogen and oxygen atoms in total. The lowest BCUT2D eigenvalue weighted by Gasteiger charge is -2.07. The van der Waals surface area contributed by atoms with E-state index in [1.807, 2.05) is 6.07 Å². The molecule has 0 saturated carbocycles. The van der Waals surface area contributed by atoms with Gasteiger partial charge in [-0.2, -0.15) is 5.10 Å². The number of anilines is 1. The van der Waals surface area contributed by atoms with Gasteiger partial charge in [0.1, 0.15) is 4.92 Å². The van der Waals surface area contributed by atoms with Crippen LogP contribution in [0.1, 0.15) is 26.5 Å². The number of hydrazone groups is 1. The molecule has 2 amide bonds. The maximum Gasteiger partial charge on any atom is 0.433 e. The Kier molecular flexibility index (Phi) is 6.15. The summed E-state index contributed by atoms with van der Waals surface area (Å²) in [5.41, 5.74) is 3.61. The van der Waals surface area contributed by atoms with E-state index in [1.165, 1.54) is 24.3 Å². The minimum absolute atomic E-state index is 0.127. The van der Waals surface area contributed by atoms with E-state index in [2.05, 4.69) is 31.8 Å². The molecule has 0 aliphatic heterocycles. The summed E-state index contributed by atoms with van der Waals surface area (Å²) >= 11 is 3.32. The third kappa shape index (κ3) is 5.14. The van der Waals surface area contributed by atoms with Crippen LogP contribution < -0.4 is 10.7 Å². The standard InChI is InChI=1S/C19H13BrN4O5/c20-16-4-2-1-3-15(16)19(26)22-13-7-5-12(6-8-13)18(25)23-21-11-14-9-10-17(29-14)24(27)28/h1-11H,(H,22,26)(H,23,25)/b21-11+. The Hall–Kier alpha value is -3.79. The maximum absolute atomic E-state index is 12.3. The van der Waals surface area contributed by atoms with Crippen molar-refractivity contribution in [2.24, 2.45) is 5.10 Å². The van der Waals surface area contributed by atoms with Crippen LogP contribution in [0.5, 0.6) is 0 Å². The molecule has 2 N–H and O–H groups in total. The summed E-state index contributed by atoms with van der Waals surface area (Å²) in [5, 5.41) is 17.0. The van der Waals surface area contributed by atoms with Crippen molar-refractivity contribution < 1.29 is 18.9 Å². The SMILES string of the molecule is O=C(N/N=C/c1ccc([N+](=O)[O-])o1)c1ccc(NC(=O)c2ccccc2Br)cc1. The molecule has 146 valence electrons. The third-order valence-corrected chi connectivity index (χ3v) is 4.37. The monoisotopic (exact) mass is 456 g/mol. The fourth-order valence-electron chi connectivity index (χ4n) is 2.28. The van der Waals surface area contributed by atoms with Crippen molar-refractivity contribution in [3.05, 3.63) is 92.1 Å². The van der Waals surface area contributed by atoms with E-state index in [-0.39, 0.29) is 11.7 Å². The molecule has 29 heavy (non-hydrogen) atoms. The Morgan fingerprint density at radius 3 is 2.41 bits per heavy atom. The van der Waals surface area contributed by atoms with Crippen LogP contribution in [0.3, 0.4) is 0 Å². The van der Waals surface area contributed by atoms with E-state index < -0.39 is 16.7 Å². The molecule has 1 heterocycles. The number of nitrogens with one attached hydrogen (secondary N) is 2. The lowest BCUT2D eigenvalue weighted by Crippen LogP contribution is -2.17. The first-order valence-electron chi connectivity index (χ1n) is 8.17. The van der Waals surface area contributed by atoms with Gasteiger partial charge in [0.2, 0.25) is 0 Å². The second-order valence-corrected chi connectivity index (χ2v) is 6.50. The largest absolute Gasteiger partial charge is 0.433 e. The van der Waals surface area contributed by atoms with Gasteiger partial charge in [-0.1, -0.05) is 12.1 Å². The van der Waals surface area contributed by atoms with Crippen LogP contribution in [0, 0.1) is 10.1 Å². The molecule has 0 spiro atoms. The number of halogens is 1. The number of hydrogen-bond donors (Lipinski definition) is 2. The van der Waals surface area contributed by atoms with Gasteiger partial charge in [-0.05, 0) is 58.4 Å². The Morgan fingerprint density at radius 1 is 1.03 bits per heavy atom. The van der Waals surface area contributed by atoms with Gasteiger partial charge in [-0.3, -0.25) is 19.7 Å². The Balaban J connectivity index is 1.58. The van der Waals surface area contributed by atoms with Crippen molar-refractivity contribution in [2.75, 3.05) is 5.32 Å². The van der Waals surface area contributed by atoms with Crippen molar-refractivity contribution >= 4 is 45.5 Å². The highest BCUT2D eigenvalue weighted by Gasteiger charge is 2.11. The van der Waals surface area contributed by atoms with Crippen molar-refractivity contribution in [1.29, 1.82) is 0 Å². The summed E-state index contributed by atoms with van der Waals surface area (Å²) in [5.74, 6) is -1.07. The molecule has 1 aromatic heterocycles. The zero-order valence-electron chi connectivity index (χ0n) is 14.7.